The highest BCUT2D eigenvalue weighted by Gasteiger charge is 2.28. The Hall–Kier alpha value is -7.02. The van der Waals surface area contributed by atoms with Gasteiger partial charge >= 0.3 is 0 Å². The van der Waals surface area contributed by atoms with Crippen LogP contribution in [0.5, 0.6) is 0 Å². The third kappa shape index (κ3) is 3.97. The molecule has 0 aromatic heterocycles. The van der Waals surface area contributed by atoms with E-state index in [2.05, 4.69) is 194 Å². The minimum absolute atomic E-state index is 1.22. The molecule has 0 atom stereocenters. The monoisotopic (exact) mass is 680 g/mol. The second-order valence-corrected chi connectivity index (χ2v) is 14.7. The maximum absolute atomic E-state index is 2.54. The van der Waals surface area contributed by atoms with Gasteiger partial charge in [0.1, 0.15) is 0 Å². The number of hydrogen-bond donors (Lipinski definition) is 0. The van der Waals surface area contributed by atoms with Crippen LogP contribution in [0.2, 0.25) is 0 Å². The van der Waals surface area contributed by atoms with Gasteiger partial charge in [0.15, 0.2) is 0 Å². The summed E-state index contributed by atoms with van der Waals surface area (Å²) in [4.78, 5) is 0. The first kappa shape index (κ1) is 29.5. The molecule has 0 N–H and O–H groups in total. The molecule has 12 aromatic rings. The molecule has 0 fully saturated rings. The smallest absolute Gasteiger partial charge is 0.000697 e. The maximum atomic E-state index is 2.54. The number of rotatable bonds is 4. The Balaban J connectivity index is 1.42. The van der Waals surface area contributed by atoms with Crippen molar-refractivity contribution in [2.45, 2.75) is 0 Å². The summed E-state index contributed by atoms with van der Waals surface area (Å²) in [7, 11) is 0. The molecule has 0 heterocycles. The maximum Gasteiger partial charge on any atom is -0.000697 e. The molecule has 0 radical (unpaired) electrons. The molecule has 0 saturated carbocycles. The lowest BCUT2D eigenvalue weighted by molar-refractivity contribution is 1.61. The van der Waals surface area contributed by atoms with Crippen molar-refractivity contribution in [3.8, 4) is 44.5 Å². The Labute approximate surface area is 312 Å². The quantitative estimate of drug-likeness (QED) is 0.162. The molecule has 248 valence electrons. The first-order valence-electron chi connectivity index (χ1n) is 18.9. The van der Waals surface area contributed by atoms with Crippen molar-refractivity contribution >= 4 is 75.4 Å². The second-order valence-electron chi connectivity index (χ2n) is 14.7. The van der Waals surface area contributed by atoms with E-state index in [1.54, 1.807) is 0 Å². The standard InChI is InChI=1S/C54H32/c1-3-16-33(17-4-1)36-22-7-11-26-40(36)50-47-32-46-39-25-10-9-24-38(39)42-28-15-31-45(49(42)46)51(47)52(41-27-12-8-23-37(41)34-18-5-2-6-19-34)54-44-30-14-21-35-20-13-29-43(48(35)44)53(50)54/h1-32H. The lowest BCUT2D eigenvalue weighted by Crippen LogP contribution is -1.94. The highest BCUT2D eigenvalue weighted by molar-refractivity contribution is 6.45. The van der Waals surface area contributed by atoms with Crippen LogP contribution in [-0.4, -0.2) is 0 Å². The lowest BCUT2D eigenvalue weighted by atomic mass is 9.81. The van der Waals surface area contributed by atoms with Crippen LogP contribution in [0, 0.1) is 0 Å². The summed E-state index contributed by atoms with van der Waals surface area (Å²) in [5.41, 5.74) is 10.1. The summed E-state index contributed by atoms with van der Waals surface area (Å²) in [5.74, 6) is 0. The molecular weight excluding hydrogens is 649 g/mol. The van der Waals surface area contributed by atoms with Crippen LogP contribution in [0.15, 0.2) is 194 Å². The Kier molecular flexibility index (Phi) is 6.15. The number of hydrogen-bond acceptors (Lipinski definition) is 0. The van der Waals surface area contributed by atoms with E-state index in [4.69, 9.17) is 0 Å². The van der Waals surface area contributed by atoms with Gasteiger partial charge in [0, 0.05) is 0 Å². The van der Waals surface area contributed by atoms with Crippen molar-refractivity contribution in [3.05, 3.63) is 194 Å². The van der Waals surface area contributed by atoms with E-state index in [0.717, 1.165) is 0 Å². The van der Waals surface area contributed by atoms with E-state index >= 15 is 0 Å². The average Bonchev–Trinajstić information content (AvgIpc) is 3.75. The SMILES string of the molecule is c1ccc(-c2ccccc2-c2c3cc4c5ccccc5c5cccc(c3c(-c3ccccc3-c3ccccc3)c3c6cccc7cccc(c23)c76)c54)cc1. The fourth-order valence-corrected chi connectivity index (χ4v) is 9.84. The molecule has 0 unspecified atom stereocenters. The Morgan fingerprint density at radius 2 is 0.630 bits per heavy atom. The van der Waals surface area contributed by atoms with E-state index in [1.165, 1.54) is 120 Å². The normalized spacial score (nSPS) is 12.1. The summed E-state index contributed by atoms with van der Waals surface area (Å²) in [5, 5.41) is 18.4. The molecular formula is C54H32. The van der Waals surface area contributed by atoms with Crippen LogP contribution in [0.4, 0.5) is 0 Å². The van der Waals surface area contributed by atoms with E-state index in [0.29, 0.717) is 0 Å². The summed E-state index contributed by atoms with van der Waals surface area (Å²) in [6.07, 6.45) is 0. The molecule has 0 heteroatoms. The van der Waals surface area contributed by atoms with Gasteiger partial charge in [-0.05, 0) is 126 Å². The van der Waals surface area contributed by atoms with E-state index in [1.807, 2.05) is 0 Å². The topological polar surface area (TPSA) is 0 Å². The van der Waals surface area contributed by atoms with Crippen molar-refractivity contribution in [2.24, 2.45) is 0 Å². The molecule has 0 aliphatic heterocycles. The van der Waals surface area contributed by atoms with Gasteiger partial charge in [-0.1, -0.05) is 188 Å². The van der Waals surface area contributed by atoms with Crippen molar-refractivity contribution in [1.29, 1.82) is 0 Å². The van der Waals surface area contributed by atoms with Crippen molar-refractivity contribution in [2.75, 3.05) is 0 Å². The zero-order valence-corrected chi connectivity index (χ0v) is 29.5. The van der Waals surface area contributed by atoms with Gasteiger partial charge < -0.3 is 0 Å². The van der Waals surface area contributed by atoms with Crippen LogP contribution in [0.25, 0.3) is 120 Å². The molecule has 0 amide bonds. The molecule has 12 rings (SSSR count). The van der Waals surface area contributed by atoms with E-state index in [-0.39, 0.29) is 0 Å². The van der Waals surface area contributed by atoms with Gasteiger partial charge in [0.05, 0.1) is 0 Å². The van der Waals surface area contributed by atoms with Gasteiger partial charge in [-0.25, -0.2) is 0 Å². The van der Waals surface area contributed by atoms with Crippen molar-refractivity contribution in [3.63, 3.8) is 0 Å². The molecule has 0 nitrogen and oxygen atoms in total. The first-order valence-corrected chi connectivity index (χ1v) is 18.9. The number of fused-ring (bicyclic) bond motifs is 8. The minimum Gasteiger partial charge on any atom is -0.0622 e. The zero-order valence-electron chi connectivity index (χ0n) is 29.5. The van der Waals surface area contributed by atoms with Gasteiger partial charge in [0.25, 0.3) is 0 Å². The number of benzene rings is 10. The predicted octanol–water partition coefficient (Wildman–Crippen LogP) is 15.3. The van der Waals surface area contributed by atoms with Crippen LogP contribution in [0.1, 0.15) is 0 Å². The zero-order chi connectivity index (χ0) is 35.3. The fourth-order valence-electron chi connectivity index (χ4n) is 9.84. The largest absolute Gasteiger partial charge is 0.0622 e. The van der Waals surface area contributed by atoms with E-state index in [9.17, 15) is 0 Å². The highest BCUT2D eigenvalue weighted by atomic mass is 14.3. The van der Waals surface area contributed by atoms with Crippen LogP contribution in [-0.2, 0) is 0 Å². The summed E-state index contributed by atoms with van der Waals surface area (Å²) >= 11 is 0. The lowest BCUT2D eigenvalue weighted by Gasteiger charge is -2.22. The highest BCUT2D eigenvalue weighted by Crippen LogP contribution is 2.56. The predicted molar refractivity (Wildman–Crippen MR) is 233 cm³/mol. The molecule has 0 saturated heterocycles. The first-order chi connectivity index (χ1) is 26.8. The van der Waals surface area contributed by atoms with Crippen LogP contribution in [0.3, 0.4) is 0 Å². The molecule has 0 aliphatic rings. The Bertz CT molecular complexity index is 3400. The Morgan fingerprint density at radius 3 is 1.24 bits per heavy atom. The summed E-state index contributed by atoms with van der Waals surface area (Å²) in [6.45, 7) is 0. The van der Waals surface area contributed by atoms with Crippen molar-refractivity contribution in [1.82, 2.24) is 0 Å². The van der Waals surface area contributed by atoms with Gasteiger partial charge in [0.2, 0.25) is 0 Å². The molecule has 0 spiro atoms. The minimum atomic E-state index is 1.22. The van der Waals surface area contributed by atoms with Gasteiger partial charge in [-0.3, -0.25) is 0 Å². The summed E-state index contributed by atoms with van der Waals surface area (Å²) < 4.78 is 0. The second kappa shape index (κ2) is 11.2. The molecule has 0 aliphatic carbocycles. The molecule has 0 bridgehead atoms. The fraction of sp³-hybridized carbons (Fsp3) is 0. The van der Waals surface area contributed by atoms with Gasteiger partial charge in [-0.15, -0.1) is 0 Å². The molecule has 54 heavy (non-hydrogen) atoms. The van der Waals surface area contributed by atoms with Gasteiger partial charge in [-0.2, -0.15) is 0 Å². The van der Waals surface area contributed by atoms with Crippen LogP contribution >= 0.6 is 0 Å². The third-order valence-corrected chi connectivity index (χ3v) is 11.9. The Morgan fingerprint density at radius 1 is 0.204 bits per heavy atom. The average molecular weight is 681 g/mol. The van der Waals surface area contributed by atoms with E-state index < -0.39 is 0 Å². The summed E-state index contributed by atoms with van der Waals surface area (Å²) in [6, 6.07) is 72.2. The van der Waals surface area contributed by atoms with Crippen LogP contribution < -0.4 is 0 Å². The third-order valence-electron chi connectivity index (χ3n) is 11.9. The molecule has 12 aromatic carbocycles. The van der Waals surface area contributed by atoms with Crippen molar-refractivity contribution < 1.29 is 0 Å².